The third kappa shape index (κ3) is 4.73. The number of para-hydroxylation sites is 7. The van der Waals surface area contributed by atoms with Crippen molar-refractivity contribution < 1.29 is 13.6 Å². The fourth-order valence-corrected chi connectivity index (χ4v) is 12.2. The lowest BCUT2D eigenvalue weighted by Gasteiger charge is -2.45. The van der Waals surface area contributed by atoms with Crippen molar-refractivity contribution in [2.75, 3.05) is 14.7 Å². The Morgan fingerprint density at radius 2 is 0.779 bits per heavy atom. The zero-order chi connectivity index (χ0) is 44.2. The first kappa shape index (κ1) is 36.4. The van der Waals surface area contributed by atoms with E-state index in [1.54, 1.807) is 0 Å². The Morgan fingerprint density at radius 3 is 1.40 bits per heavy atom. The number of fused-ring (bicyclic) bond motifs is 16. The molecule has 0 radical (unpaired) electrons. The summed E-state index contributed by atoms with van der Waals surface area (Å²) in [7, 11) is 0. The van der Waals surface area contributed by atoms with Gasteiger partial charge in [0, 0.05) is 68.8 Å². The third-order valence-corrected chi connectivity index (χ3v) is 14.8. The molecule has 6 heterocycles. The quantitative estimate of drug-likeness (QED) is 0.165. The van der Waals surface area contributed by atoms with Crippen LogP contribution in [0.25, 0.3) is 43.9 Å². The summed E-state index contributed by atoms with van der Waals surface area (Å²) in [4.78, 5) is 7.34. The van der Waals surface area contributed by atoms with Crippen molar-refractivity contribution in [1.29, 1.82) is 0 Å². The van der Waals surface area contributed by atoms with Gasteiger partial charge in [-0.05, 0) is 93.4 Å². The maximum Gasteiger partial charge on any atom is 0.256 e. The zero-order valence-electron chi connectivity index (χ0n) is 36.4. The fourth-order valence-electron chi connectivity index (χ4n) is 12.2. The molecule has 0 fully saturated rings. The first-order valence-electron chi connectivity index (χ1n) is 23.3. The van der Waals surface area contributed by atoms with Crippen molar-refractivity contribution in [2.24, 2.45) is 0 Å². The van der Waals surface area contributed by atoms with Gasteiger partial charge in [-0.25, -0.2) is 0 Å². The van der Waals surface area contributed by atoms with Gasteiger partial charge in [0.2, 0.25) is 0 Å². The highest BCUT2D eigenvalue weighted by molar-refractivity contribution is 7.03. The number of anilines is 9. The standard InChI is InChI=1S/C60H35B2N3O3/c1-4-18-36(19-5-1)63-45-28-14-12-26-41(45)61-43-32-44-51(33-47(43)65(38-22-8-3-9-23-38)59-55-39-24-10-16-30-49(39)66-52(55)34-48(63)57(59)61)68-54-35-53-56(40-25-11-17-31-50(40)67-53)60-58(54)62(44)42-27-13-15-29-46(42)64(60)37-20-6-2-7-21-37/h1-35H. The largest absolute Gasteiger partial charge is 0.458 e. The van der Waals surface area contributed by atoms with Crippen LogP contribution in [0.3, 0.4) is 0 Å². The Morgan fingerprint density at radius 1 is 0.309 bits per heavy atom. The van der Waals surface area contributed by atoms with Gasteiger partial charge in [-0.15, -0.1) is 0 Å². The number of hydrogen-bond acceptors (Lipinski definition) is 6. The van der Waals surface area contributed by atoms with Crippen molar-refractivity contribution in [3.63, 3.8) is 0 Å². The molecular formula is C60H35B2N3O3. The predicted octanol–water partition coefficient (Wildman–Crippen LogP) is 12.0. The highest BCUT2D eigenvalue weighted by Crippen LogP contribution is 2.52. The molecule has 0 atom stereocenters. The second-order valence-corrected chi connectivity index (χ2v) is 18.3. The molecule has 0 amide bonds. The molecule has 0 aliphatic carbocycles. The van der Waals surface area contributed by atoms with Crippen molar-refractivity contribution in [3.05, 3.63) is 212 Å². The van der Waals surface area contributed by atoms with E-state index >= 15 is 0 Å². The van der Waals surface area contributed by atoms with Crippen LogP contribution in [-0.2, 0) is 0 Å². The van der Waals surface area contributed by atoms with Crippen molar-refractivity contribution >= 4 is 141 Å². The third-order valence-electron chi connectivity index (χ3n) is 14.8. The van der Waals surface area contributed by atoms with Gasteiger partial charge in [0.15, 0.2) is 0 Å². The van der Waals surface area contributed by atoms with E-state index in [9.17, 15) is 0 Å². The average Bonchev–Trinajstić information content (AvgIpc) is 3.96. The Labute approximate surface area is 391 Å². The Bertz CT molecular complexity index is 4110. The lowest BCUT2D eigenvalue weighted by Crippen LogP contribution is -2.64. The molecule has 4 aliphatic heterocycles. The molecule has 314 valence electrons. The summed E-state index contributed by atoms with van der Waals surface area (Å²) in [6.07, 6.45) is 0. The monoisotopic (exact) mass is 867 g/mol. The molecule has 68 heavy (non-hydrogen) atoms. The number of ether oxygens (including phenoxy) is 1. The smallest absolute Gasteiger partial charge is 0.256 e. The maximum absolute atomic E-state index is 7.42. The molecule has 0 saturated carbocycles. The Balaban J connectivity index is 1.04. The van der Waals surface area contributed by atoms with E-state index in [-0.39, 0.29) is 13.4 Å². The van der Waals surface area contributed by atoms with E-state index in [2.05, 4.69) is 221 Å². The number of hydrogen-bond donors (Lipinski definition) is 0. The molecule has 6 nitrogen and oxygen atoms in total. The van der Waals surface area contributed by atoms with Crippen LogP contribution in [0.5, 0.6) is 11.5 Å². The fraction of sp³-hybridized carbons (Fsp3) is 0. The molecule has 0 unspecified atom stereocenters. The summed E-state index contributed by atoms with van der Waals surface area (Å²) in [5.74, 6) is 1.63. The van der Waals surface area contributed by atoms with E-state index in [1.165, 1.54) is 21.9 Å². The minimum absolute atomic E-state index is 0.129. The molecule has 0 spiro atoms. The molecule has 0 bridgehead atoms. The number of nitrogens with zero attached hydrogens (tertiary/aromatic N) is 3. The summed E-state index contributed by atoms with van der Waals surface area (Å²) >= 11 is 0. The molecule has 2 aromatic heterocycles. The number of benzene rings is 10. The summed E-state index contributed by atoms with van der Waals surface area (Å²) < 4.78 is 21.0. The molecule has 12 aromatic rings. The first-order chi connectivity index (χ1) is 33.8. The summed E-state index contributed by atoms with van der Waals surface area (Å²) in [6.45, 7) is -0.274. The van der Waals surface area contributed by atoms with Gasteiger partial charge < -0.3 is 28.3 Å². The summed E-state index contributed by atoms with van der Waals surface area (Å²) in [6, 6.07) is 76.3. The van der Waals surface area contributed by atoms with Gasteiger partial charge in [0.25, 0.3) is 13.4 Å². The van der Waals surface area contributed by atoms with E-state index < -0.39 is 0 Å². The molecule has 0 N–H and O–H groups in total. The summed E-state index contributed by atoms with van der Waals surface area (Å²) in [5.41, 5.74) is 20.5. The highest BCUT2D eigenvalue weighted by atomic mass is 16.5. The molecule has 4 aliphatic rings. The lowest BCUT2D eigenvalue weighted by atomic mass is 9.30. The van der Waals surface area contributed by atoms with Crippen LogP contribution in [-0.4, -0.2) is 13.4 Å². The molecule has 8 heteroatoms. The van der Waals surface area contributed by atoms with Crippen LogP contribution in [0.15, 0.2) is 221 Å². The van der Waals surface area contributed by atoms with Crippen molar-refractivity contribution in [2.45, 2.75) is 0 Å². The van der Waals surface area contributed by atoms with Crippen molar-refractivity contribution in [3.8, 4) is 11.5 Å². The molecule has 16 rings (SSSR count). The lowest BCUT2D eigenvalue weighted by molar-refractivity contribution is 0.487. The topological polar surface area (TPSA) is 45.2 Å². The van der Waals surface area contributed by atoms with Crippen LogP contribution in [0.1, 0.15) is 0 Å². The van der Waals surface area contributed by atoms with Crippen molar-refractivity contribution in [1.82, 2.24) is 0 Å². The Hall–Kier alpha value is -8.87. The first-order valence-corrected chi connectivity index (χ1v) is 23.3. The highest BCUT2D eigenvalue weighted by Gasteiger charge is 2.49. The molecular weight excluding hydrogens is 832 g/mol. The SMILES string of the molecule is c1ccc(N2c3ccccc3B3c4cc5c(cc4N(c4ccccc4)c4c3c2cc2oc3ccccc3c42)Oc2cc3oc4ccccc4c3c3c2B5c2ccccc2N3c2ccccc2)cc1. The minimum atomic E-state index is -0.144. The van der Waals surface area contributed by atoms with Gasteiger partial charge in [-0.3, -0.25) is 0 Å². The summed E-state index contributed by atoms with van der Waals surface area (Å²) in [5, 5.41) is 4.34. The van der Waals surface area contributed by atoms with E-state index in [4.69, 9.17) is 13.6 Å². The number of furan rings is 2. The van der Waals surface area contributed by atoms with Crippen LogP contribution in [0.2, 0.25) is 0 Å². The van der Waals surface area contributed by atoms with Gasteiger partial charge in [0.05, 0.1) is 22.1 Å². The average molecular weight is 868 g/mol. The van der Waals surface area contributed by atoms with E-state index in [1.807, 2.05) is 6.07 Å². The van der Waals surface area contributed by atoms with Crippen LogP contribution in [0.4, 0.5) is 51.2 Å². The predicted molar refractivity (Wildman–Crippen MR) is 281 cm³/mol. The number of rotatable bonds is 3. The van der Waals surface area contributed by atoms with Gasteiger partial charge >= 0.3 is 0 Å². The van der Waals surface area contributed by atoms with E-state index in [0.717, 1.165) is 117 Å². The van der Waals surface area contributed by atoms with Gasteiger partial charge in [0.1, 0.15) is 33.8 Å². The maximum atomic E-state index is 7.42. The molecule has 10 aromatic carbocycles. The van der Waals surface area contributed by atoms with Crippen LogP contribution in [0, 0.1) is 0 Å². The van der Waals surface area contributed by atoms with Gasteiger partial charge in [-0.2, -0.15) is 0 Å². The second kappa shape index (κ2) is 13.4. The normalized spacial score (nSPS) is 13.9. The zero-order valence-corrected chi connectivity index (χ0v) is 36.4. The van der Waals surface area contributed by atoms with Gasteiger partial charge in [-0.1, -0.05) is 133 Å². The molecule has 0 saturated heterocycles. The van der Waals surface area contributed by atoms with E-state index in [0.29, 0.717) is 0 Å². The second-order valence-electron chi connectivity index (χ2n) is 18.3. The Kier molecular flexibility index (Phi) is 7.15. The van der Waals surface area contributed by atoms with Crippen LogP contribution < -0.4 is 52.2 Å². The van der Waals surface area contributed by atoms with Crippen LogP contribution >= 0.6 is 0 Å². The minimum Gasteiger partial charge on any atom is -0.458 e.